The van der Waals surface area contributed by atoms with Crippen LogP contribution in [0.1, 0.15) is 10.4 Å². The number of carbonyl (C=O) groups excluding carboxylic acids is 1. The number of nitrogens with zero attached hydrogens (tertiary/aromatic N) is 2. The first-order chi connectivity index (χ1) is 11.1. The lowest BCUT2D eigenvalue weighted by Crippen LogP contribution is -2.44. The number of benzene rings is 2. The molecule has 1 amide bonds. The second-order valence-electron chi connectivity index (χ2n) is 5.75. The zero-order valence-electron chi connectivity index (χ0n) is 13.1. The lowest BCUT2D eigenvalue weighted by Gasteiger charge is -2.35. The highest BCUT2D eigenvalue weighted by Gasteiger charge is 2.20. The molecule has 1 N–H and O–H groups in total. The van der Waals surface area contributed by atoms with Crippen molar-refractivity contribution in [2.75, 3.05) is 43.4 Å². The second kappa shape index (κ2) is 7.02. The maximum atomic E-state index is 12.4. The number of piperazine rings is 1. The van der Waals surface area contributed by atoms with Crippen molar-refractivity contribution in [3.8, 4) is 0 Å². The Bertz CT molecular complexity index is 682. The van der Waals surface area contributed by atoms with Gasteiger partial charge in [-0.15, -0.1) is 0 Å². The summed E-state index contributed by atoms with van der Waals surface area (Å²) in [5.74, 6) is -0.122. The minimum Gasteiger partial charge on any atom is -0.366 e. The Morgan fingerprint density at radius 1 is 1.00 bits per heavy atom. The van der Waals surface area contributed by atoms with E-state index in [9.17, 15) is 4.79 Å². The van der Waals surface area contributed by atoms with E-state index in [4.69, 9.17) is 11.6 Å². The van der Waals surface area contributed by atoms with Gasteiger partial charge in [-0.2, -0.15) is 0 Å². The van der Waals surface area contributed by atoms with Crippen LogP contribution in [0.5, 0.6) is 0 Å². The zero-order valence-corrected chi connectivity index (χ0v) is 13.9. The molecule has 120 valence electrons. The van der Waals surface area contributed by atoms with E-state index in [1.54, 1.807) is 12.1 Å². The Balaban J connectivity index is 1.85. The van der Waals surface area contributed by atoms with Crippen molar-refractivity contribution in [2.45, 2.75) is 0 Å². The molecule has 0 aliphatic carbocycles. The number of nitrogens with one attached hydrogen (secondary N) is 1. The van der Waals surface area contributed by atoms with Crippen molar-refractivity contribution in [1.82, 2.24) is 4.90 Å². The highest BCUT2D eigenvalue weighted by Crippen LogP contribution is 2.34. The summed E-state index contributed by atoms with van der Waals surface area (Å²) < 4.78 is 0. The Kier molecular flexibility index (Phi) is 4.84. The number of hydrogen-bond acceptors (Lipinski definition) is 3. The number of carbonyl (C=O) groups is 1. The highest BCUT2D eigenvalue weighted by atomic mass is 35.5. The van der Waals surface area contributed by atoms with Gasteiger partial charge < -0.3 is 15.1 Å². The summed E-state index contributed by atoms with van der Waals surface area (Å²) in [7, 11) is 2.11. The van der Waals surface area contributed by atoms with Crippen molar-refractivity contribution >= 4 is 28.9 Å². The Morgan fingerprint density at radius 3 is 2.39 bits per heavy atom. The van der Waals surface area contributed by atoms with E-state index in [1.807, 2.05) is 36.4 Å². The molecule has 2 aromatic rings. The summed E-state index contributed by atoms with van der Waals surface area (Å²) in [5, 5.41) is 3.66. The molecule has 0 unspecified atom stereocenters. The van der Waals surface area contributed by atoms with E-state index in [-0.39, 0.29) is 5.91 Å². The summed E-state index contributed by atoms with van der Waals surface area (Å²) in [5.41, 5.74) is 2.30. The van der Waals surface area contributed by atoms with Crippen molar-refractivity contribution < 1.29 is 4.79 Å². The molecule has 1 aliphatic rings. The van der Waals surface area contributed by atoms with Crippen LogP contribution in [0.2, 0.25) is 5.02 Å². The maximum absolute atomic E-state index is 12.4. The number of likely N-dealkylation sites (N-methyl/N-ethyl adjacent to an activating group) is 1. The number of halogens is 1. The van der Waals surface area contributed by atoms with Gasteiger partial charge >= 0.3 is 0 Å². The summed E-state index contributed by atoms with van der Waals surface area (Å²) >= 11 is 6.42. The monoisotopic (exact) mass is 329 g/mol. The zero-order chi connectivity index (χ0) is 16.2. The molecule has 0 aromatic heterocycles. The third-order valence-electron chi connectivity index (χ3n) is 4.09. The average Bonchev–Trinajstić information content (AvgIpc) is 2.57. The van der Waals surface area contributed by atoms with Crippen LogP contribution in [0, 0.1) is 0 Å². The van der Waals surface area contributed by atoms with Crippen molar-refractivity contribution in [2.24, 2.45) is 0 Å². The number of amides is 1. The Morgan fingerprint density at radius 2 is 1.70 bits per heavy atom. The van der Waals surface area contributed by atoms with E-state index in [1.165, 1.54) is 0 Å². The number of anilines is 2. The highest BCUT2D eigenvalue weighted by molar-refractivity contribution is 6.34. The predicted octanol–water partition coefficient (Wildman–Crippen LogP) is 3.34. The quantitative estimate of drug-likeness (QED) is 0.938. The standard InChI is InChI=1S/C18H20ClN3O/c1-21-10-12-22(13-11-21)17-15(19)8-5-9-16(17)20-18(23)14-6-3-2-4-7-14/h2-9H,10-13H2,1H3,(H,20,23). The van der Waals surface area contributed by atoms with Gasteiger partial charge in [0.1, 0.15) is 0 Å². The van der Waals surface area contributed by atoms with E-state index < -0.39 is 0 Å². The molecule has 0 bridgehead atoms. The van der Waals surface area contributed by atoms with Crippen LogP contribution < -0.4 is 10.2 Å². The van der Waals surface area contributed by atoms with Crippen molar-refractivity contribution in [1.29, 1.82) is 0 Å². The smallest absolute Gasteiger partial charge is 0.255 e. The van der Waals surface area contributed by atoms with Crippen LogP contribution in [0.15, 0.2) is 48.5 Å². The van der Waals surface area contributed by atoms with Gasteiger partial charge in [-0.25, -0.2) is 0 Å². The van der Waals surface area contributed by atoms with Gasteiger partial charge in [0, 0.05) is 31.7 Å². The second-order valence-corrected chi connectivity index (χ2v) is 6.15. The fourth-order valence-corrected chi connectivity index (χ4v) is 3.05. The third kappa shape index (κ3) is 3.66. The SMILES string of the molecule is CN1CCN(c2c(Cl)cccc2NC(=O)c2ccccc2)CC1. The van der Waals surface area contributed by atoms with Crippen molar-refractivity contribution in [3.63, 3.8) is 0 Å². The summed E-state index contributed by atoms with van der Waals surface area (Å²) in [6, 6.07) is 14.8. The largest absolute Gasteiger partial charge is 0.366 e. The van der Waals surface area contributed by atoms with Crippen LogP contribution >= 0.6 is 11.6 Å². The molecule has 2 aromatic carbocycles. The summed E-state index contributed by atoms with van der Waals surface area (Å²) in [6.07, 6.45) is 0. The van der Waals surface area contributed by atoms with Gasteiger partial charge in [0.15, 0.2) is 0 Å². The maximum Gasteiger partial charge on any atom is 0.255 e. The first-order valence-electron chi connectivity index (χ1n) is 7.73. The molecule has 3 rings (SSSR count). The molecule has 0 saturated carbocycles. The van der Waals surface area contributed by atoms with E-state index in [0.717, 1.165) is 37.6 Å². The van der Waals surface area contributed by atoms with Crippen LogP contribution in [-0.4, -0.2) is 44.0 Å². The molecular formula is C18H20ClN3O. The molecule has 0 atom stereocenters. The van der Waals surface area contributed by atoms with E-state index in [0.29, 0.717) is 10.6 Å². The minimum absolute atomic E-state index is 0.122. The van der Waals surface area contributed by atoms with Crippen LogP contribution in [0.3, 0.4) is 0 Å². The lowest BCUT2D eigenvalue weighted by atomic mass is 10.1. The number of rotatable bonds is 3. The van der Waals surface area contributed by atoms with Gasteiger partial charge in [-0.3, -0.25) is 4.79 Å². The Hall–Kier alpha value is -2.04. The van der Waals surface area contributed by atoms with Gasteiger partial charge in [0.25, 0.3) is 5.91 Å². The molecule has 1 heterocycles. The van der Waals surface area contributed by atoms with Gasteiger partial charge in [-0.1, -0.05) is 35.9 Å². The molecule has 1 saturated heterocycles. The molecule has 0 radical (unpaired) electrons. The van der Waals surface area contributed by atoms with Gasteiger partial charge in [0.05, 0.1) is 16.4 Å². The Labute approximate surface area is 141 Å². The normalized spacial score (nSPS) is 15.5. The van der Waals surface area contributed by atoms with Crippen molar-refractivity contribution in [3.05, 3.63) is 59.1 Å². The molecule has 0 spiro atoms. The van der Waals surface area contributed by atoms with E-state index >= 15 is 0 Å². The summed E-state index contributed by atoms with van der Waals surface area (Å²) in [6.45, 7) is 3.76. The lowest BCUT2D eigenvalue weighted by molar-refractivity contribution is 0.102. The van der Waals surface area contributed by atoms with Gasteiger partial charge in [0.2, 0.25) is 0 Å². The molecule has 4 nitrogen and oxygen atoms in total. The summed E-state index contributed by atoms with van der Waals surface area (Å²) in [4.78, 5) is 17.0. The average molecular weight is 330 g/mol. The van der Waals surface area contributed by atoms with E-state index in [2.05, 4.69) is 22.2 Å². The molecule has 1 aliphatic heterocycles. The third-order valence-corrected chi connectivity index (χ3v) is 4.40. The van der Waals surface area contributed by atoms with Crippen LogP contribution in [-0.2, 0) is 0 Å². The minimum atomic E-state index is -0.122. The predicted molar refractivity (Wildman–Crippen MR) is 95.6 cm³/mol. The van der Waals surface area contributed by atoms with Crippen LogP contribution in [0.4, 0.5) is 11.4 Å². The number of para-hydroxylation sites is 1. The topological polar surface area (TPSA) is 35.6 Å². The fourth-order valence-electron chi connectivity index (χ4n) is 2.75. The molecule has 5 heteroatoms. The molecule has 23 heavy (non-hydrogen) atoms. The number of hydrogen-bond donors (Lipinski definition) is 1. The first kappa shape index (κ1) is 15.8. The first-order valence-corrected chi connectivity index (χ1v) is 8.11. The molecule has 1 fully saturated rings. The molecular weight excluding hydrogens is 310 g/mol. The van der Waals surface area contributed by atoms with Crippen LogP contribution in [0.25, 0.3) is 0 Å². The fraction of sp³-hybridized carbons (Fsp3) is 0.278. The van der Waals surface area contributed by atoms with Gasteiger partial charge in [-0.05, 0) is 31.3 Å².